The van der Waals surface area contributed by atoms with Gasteiger partial charge in [0.15, 0.2) is 0 Å². The van der Waals surface area contributed by atoms with E-state index in [0.29, 0.717) is 33.7 Å². The molecule has 0 saturated carbocycles. The second kappa shape index (κ2) is 11.8. The molecule has 0 spiro atoms. The molecule has 14 heteroatoms. The first-order chi connectivity index (χ1) is 13.3. The summed E-state index contributed by atoms with van der Waals surface area (Å²) < 4.78 is 39.4. The first-order valence-corrected chi connectivity index (χ1v) is 9.67. The van der Waals surface area contributed by atoms with Crippen LogP contribution in [0.4, 0.5) is 22.7 Å². The van der Waals surface area contributed by atoms with Crippen molar-refractivity contribution in [2.24, 2.45) is 10.2 Å². The van der Waals surface area contributed by atoms with E-state index in [1.54, 1.807) is 18.2 Å². The van der Waals surface area contributed by atoms with Gasteiger partial charge in [-0.05, 0) is 36.4 Å². The van der Waals surface area contributed by atoms with Crippen molar-refractivity contribution in [3.8, 4) is 0 Å². The Morgan fingerprint density at radius 1 is 0.967 bits per heavy atom. The summed E-state index contributed by atoms with van der Waals surface area (Å²) in [5, 5.41) is 21.8. The van der Waals surface area contributed by atoms with Gasteiger partial charge >= 0.3 is 59.1 Å². The van der Waals surface area contributed by atoms with Crippen LogP contribution in [0.15, 0.2) is 68.6 Å². The minimum atomic E-state index is -4.82. The maximum absolute atomic E-state index is 11.7. The average molecular weight is 466 g/mol. The number of rotatable bonds is 6. The van der Waals surface area contributed by atoms with Crippen LogP contribution >= 0.6 is 12.0 Å². The summed E-state index contributed by atoms with van der Waals surface area (Å²) in [7, 11) is -4.82. The van der Waals surface area contributed by atoms with Gasteiger partial charge in [-0.25, -0.2) is 8.42 Å². The van der Waals surface area contributed by atoms with Gasteiger partial charge in [0.05, 0.1) is 28.3 Å². The number of benzene rings is 3. The van der Waals surface area contributed by atoms with Gasteiger partial charge in [-0.3, -0.25) is 5.04 Å². The molecule has 0 amide bonds. The van der Waals surface area contributed by atoms with Gasteiger partial charge in [-0.1, -0.05) is 12.1 Å². The number of hydrogen-bond acceptors (Lipinski definition) is 11. The third kappa shape index (κ3) is 6.63. The predicted octanol–water partition coefficient (Wildman–Crippen LogP) is -3.44. The van der Waals surface area contributed by atoms with Gasteiger partial charge in [-0.15, -0.1) is 5.11 Å². The maximum atomic E-state index is 11.7. The quantitative estimate of drug-likeness (QED) is 0.0712. The Kier molecular flexibility index (Phi) is 10.7. The number of anilines is 2. The van der Waals surface area contributed by atoms with Crippen LogP contribution in [0.25, 0.3) is 10.8 Å². The smallest absolute Gasteiger partial charge is 0.744 e. The average Bonchev–Trinajstić information content (AvgIpc) is 2.64. The van der Waals surface area contributed by atoms with E-state index < -0.39 is 15.0 Å². The fraction of sp³-hybridized carbons (Fsp3) is 0. The number of azo groups is 1. The summed E-state index contributed by atoms with van der Waals surface area (Å²) in [5.74, 6) is 0. The minimum Gasteiger partial charge on any atom is -0.744 e. The summed E-state index contributed by atoms with van der Waals surface area (Å²) in [4.78, 5) is -0.156. The van der Waals surface area contributed by atoms with Crippen molar-refractivity contribution in [2.75, 3.05) is 11.5 Å². The molecule has 10 nitrogen and oxygen atoms in total. The van der Waals surface area contributed by atoms with Crippen molar-refractivity contribution < 1.29 is 86.7 Å². The minimum absolute atomic E-state index is 0. The fourth-order valence-corrected chi connectivity index (χ4v) is 3.68. The standard InChI is InChI=1S/C16H14N4O6S2.2Na/c17-9-4-5-14(13(18)6-9)20-19-10-7-12-11(16(8-10)28(22,23)24)2-1-3-15(12)27-26-25-21;;/h1-8,21H,17-18H2,(H,22,23,24);;/q;2*+1/p-2. The molecule has 0 aliphatic carbocycles. The number of nitrogen functional groups attached to an aromatic ring is 2. The van der Waals surface area contributed by atoms with E-state index in [1.165, 1.54) is 24.3 Å². The molecule has 0 aliphatic rings. The maximum Gasteiger partial charge on any atom is 1.00 e. The van der Waals surface area contributed by atoms with Crippen molar-refractivity contribution in [3.05, 3.63) is 48.5 Å². The molecule has 0 bridgehead atoms. The number of nitrogens with two attached hydrogens (primary N) is 2. The largest absolute Gasteiger partial charge is 1.00 e. The van der Waals surface area contributed by atoms with E-state index in [1.807, 2.05) is 0 Å². The van der Waals surface area contributed by atoms with Crippen LogP contribution in [0, 0.1) is 0 Å². The van der Waals surface area contributed by atoms with Crippen LogP contribution in [0.1, 0.15) is 0 Å². The second-order valence-electron chi connectivity index (χ2n) is 5.49. The molecule has 0 unspecified atom stereocenters. The van der Waals surface area contributed by atoms with E-state index >= 15 is 0 Å². The SMILES string of the molecule is Nc1ccc(N=Nc2cc(S(=O)(=O)[O-])c3cccc(SOO[O-])c3c2)c(N)c1.[Na+].[Na+]. The van der Waals surface area contributed by atoms with E-state index in [0.717, 1.165) is 6.07 Å². The number of nitrogens with zero attached hydrogens (tertiary/aromatic N) is 2. The van der Waals surface area contributed by atoms with Crippen molar-refractivity contribution in [1.82, 2.24) is 0 Å². The topological polar surface area (TPSA) is 175 Å². The Hall–Kier alpha value is -0.740. The van der Waals surface area contributed by atoms with Crippen molar-refractivity contribution in [1.29, 1.82) is 0 Å². The first-order valence-electron chi connectivity index (χ1n) is 7.52. The Labute approximate surface area is 220 Å². The van der Waals surface area contributed by atoms with Crippen LogP contribution in [0.5, 0.6) is 0 Å². The van der Waals surface area contributed by atoms with Gasteiger partial charge in [0.25, 0.3) is 0 Å². The van der Waals surface area contributed by atoms with Crippen molar-refractivity contribution >= 4 is 55.7 Å². The predicted molar refractivity (Wildman–Crippen MR) is 99.4 cm³/mol. The molecule has 0 radical (unpaired) electrons. The van der Waals surface area contributed by atoms with Crippen molar-refractivity contribution in [2.45, 2.75) is 9.79 Å². The van der Waals surface area contributed by atoms with Crippen LogP contribution in [0.2, 0.25) is 0 Å². The molecule has 0 aliphatic heterocycles. The van der Waals surface area contributed by atoms with Gasteiger partial charge in [-0.2, -0.15) is 9.45 Å². The molecule has 3 aromatic rings. The summed E-state index contributed by atoms with van der Waals surface area (Å²) in [6.45, 7) is 0. The van der Waals surface area contributed by atoms with Gasteiger partial charge < -0.3 is 21.3 Å². The first kappa shape index (κ1) is 27.3. The monoisotopic (exact) mass is 466 g/mol. The third-order valence-corrected chi connectivity index (χ3v) is 5.18. The van der Waals surface area contributed by atoms with Gasteiger partial charge in [0, 0.05) is 21.4 Å². The molecule has 3 aromatic carbocycles. The molecule has 3 rings (SSSR count). The Morgan fingerprint density at radius 3 is 2.33 bits per heavy atom. The number of hydrogen-bond donors (Lipinski definition) is 2. The Bertz CT molecular complexity index is 1180. The third-order valence-electron chi connectivity index (χ3n) is 3.65. The fourth-order valence-electron chi connectivity index (χ4n) is 2.47. The summed E-state index contributed by atoms with van der Waals surface area (Å²) in [6.07, 6.45) is 0. The normalized spacial score (nSPS) is 11.3. The van der Waals surface area contributed by atoms with Gasteiger partial charge in [0.2, 0.25) is 0 Å². The molecular weight excluding hydrogens is 454 g/mol. The van der Waals surface area contributed by atoms with E-state index in [2.05, 4.69) is 19.6 Å². The van der Waals surface area contributed by atoms with E-state index in [-0.39, 0.29) is 75.9 Å². The summed E-state index contributed by atoms with van der Waals surface area (Å²) >= 11 is 0.559. The zero-order valence-electron chi connectivity index (χ0n) is 15.9. The zero-order valence-corrected chi connectivity index (χ0v) is 21.6. The second-order valence-corrected chi connectivity index (χ2v) is 7.58. The molecule has 4 N–H and O–H groups in total. The molecule has 30 heavy (non-hydrogen) atoms. The van der Waals surface area contributed by atoms with Crippen LogP contribution in [-0.2, 0) is 19.5 Å². The molecule has 0 aromatic heterocycles. The number of fused-ring (bicyclic) bond motifs is 1. The molecule has 146 valence electrons. The summed E-state index contributed by atoms with van der Waals surface area (Å²) in [6, 6.07) is 11.7. The molecule has 0 heterocycles. The summed E-state index contributed by atoms with van der Waals surface area (Å²) in [5.41, 5.74) is 12.5. The van der Waals surface area contributed by atoms with Crippen LogP contribution in [-0.4, -0.2) is 13.0 Å². The van der Waals surface area contributed by atoms with Crippen LogP contribution in [0.3, 0.4) is 0 Å². The zero-order chi connectivity index (χ0) is 20.3. The van der Waals surface area contributed by atoms with E-state index in [9.17, 15) is 18.2 Å². The molecule has 0 saturated heterocycles. The van der Waals surface area contributed by atoms with Crippen LogP contribution < -0.4 is 75.8 Å². The van der Waals surface area contributed by atoms with Crippen molar-refractivity contribution in [3.63, 3.8) is 0 Å². The molecular formula is C16H12N4Na2O6S2. The Balaban J connectivity index is 0.00000225. The Morgan fingerprint density at radius 2 is 1.70 bits per heavy atom. The van der Waals surface area contributed by atoms with Gasteiger partial charge in [0.1, 0.15) is 15.8 Å². The molecule has 0 atom stereocenters. The van der Waals surface area contributed by atoms with E-state index in [4.69, 9.17) is 11.5 Å². The molecule has 0 fully saturated rings.